The van der Waals surface area contributed by atoms with Crippen LogP contribution in [0.25, 0.3) is 0 Å². The third-order valence-corrected chi connectivity index (χ3v) is 2.51. The molecule has 0 aliphatic heterocycles. The van der Waals surface area contributed by atoms with Crippen molar-refractivity contribution in [2.75, 3.05) is 0 Å². The Morgan fingerprint density at radius 2 is 2.14 bits per heavy atom. The van der Waals surface area contributed by atoms with E-state index in [0.717, 1.165) is 12.0 Å². The lowest BCUT2D eigenvalue weighted by Crippen LogP contribution is -2.43. The molecule has 0 aliphatic rings. The van der Waals surface area contributed by atoms with Crippen LogP contribution in [-0.4, -0.2) is 5.91 Å². The number of pyridine rings is 1. The molecule has 0 aromatic carbocycles. The third kappa shape index (κ3) is 1.87. The van der Waals surface area contributed by atoms with Crippen LogP contribution in [0.5, 0.6) is 0 Å². The summed E-state index contributed by atoms with van der Waals surface area (Å²) in [6.45, 7) is 4.55. The number of carbonyl (C=O) groups is 1. The van der Waals surface area contributed by atoms with Gasteiger partial charge in [-0.3, -0.25) is 4.79 Å². The molecule has 4 heteroatoms. The molecule has 0 unspecified atom stereocenters. The van der Waals surface area contributed by atoms with Crippen molar-refractivity contribution >= 4 is 17.5 Å². The lowest BCUT2D eigenvalue weighted by atomic mass is 10.1. The maximum atomic E-state index is 11.3. The maximum Gasteiger partial charge on any atom is 0.313 e. The van der Waals surface area contributed by atoms with Gasteiger partial charge in [-0.2, -0.15) is 4.57 Å². The summed E-state index contributed by atoms with van der Waals surface area (Å²) in [6.07, 6.45) is 0.773. The zero-order valence-corrected chi connectivity index (χ0v) is 9.14. The van der Waals surface area contributed by atoms with Gasteiger partial charge in [0.15, 0.2) is 0 Å². The number of rotatable bonds is 3. The second-order valence-corrected chi connectivity index (χ2v) is 3.38. The number of carbonyl (C=O) groups excluding carboxylic acids is 1. The molecule has 0 saturated carbocycles. The molecule has 0 bridgehead atoms. The molecule has 76 valence electrons. The predicted octanol–water partition coefficient (Wildman–Crippen LogP) is 1.31. The normalized spacial score (nSPS) is 10.2. The van der Waals surface area contributed by atoms with Gasteiger partial charge in [-0.05, 0) is 31.0 Å². The highest BCUT2D eigenvalue weighted by molar-refractivity contribution is 6.28. The fourth-order valence-corrected chi connectivity index (χ4v) is 1.77. The Hall–Kier alpha value is -1.09. The standard InChI is InChI=1S/C10H13ClN2O/c1-3-7-5-6-8(11)13(4-2)9(7)10(12)14/h5-6H,3-4H2,1-2H3,(H-,12,14)/p+1. The van der Waals surface area contributed by atoms with Gasteiger partial charge in [-0.1, -0.05) is 6.92 Å². The number of hydrogen-bond donors (Lipinski definition) is 1. The van der Waals surface area contributed by atoms with E-state index < -0.39 is 5.91 Å². The van der Waals surface area contributed by atoms with Crippen LogP contribution < -0.4 is 10.3 Å². The summed E-state index contributed by atoms with van der Waals surface area (Å²) in [6, 6.07) is 3.63. The smallest absolute Gasteiger partial charge is 0.313 e. The van der Waals surface area contributed by atoms with Gasteiger partial charge >= 0.3 is 5.91 Å². The third-order valence-electron chi connectivity index (χ3n) is 2.18. The van der Waals surface area contributed by atoms with Gasteiger partial charge in [0, 0.05) is 11.6 Å². The first kappa shape index (κ1) is 11.0. The largest absolute Gasteiger partial charge is 0.360 e. The molecular formula is C10H14ClN2O+. The van der Waals surface area contributed by atoms with Gasteiger partial charge in [0.1, 0.15) is 6.54 Å². The van der Waals surface area contributed by atoms with Crippen LogP contribution in [0, 0.1) is 0 Å². The molecule has 2 N–H and O–H groups in total. The second kappa shape index (κ2) is 4.42. The topological polar surface area (TPSA) is 47.0 Å². The van der Waals surface area contributed by atoms with E-state index in [2.05, 4.69) is 0 Å². The quantitative estimate of drug-likeness (QED) is 0.597. The fraction of sp³-hybridized carbons (Fsp3) is 0.400. The van der Waals surface area contributed by atoms with E-state index in [1.54, 1.807) is 10.6 Å². The highest BCUT2D eigenvalue weighted by Gasteiger charge is 2.22. The Morgan fingerprint density at radius 3 is 2.57 bits per heavy atom. The zero-order chi connectivity index (χ0) is 10.7. The fourth-order valence-electron chi connectivity index (χ4n) is 1.50. The number of aromatic nitrogens is 1. The Labute approximate surface area is 88.5 Å². The Balaban J connectivity index is 3.43. The lowest BCUT2D eigenvalue weighted by Gasteiger charge is -2.04. The summed E-state index contributed by atoms with van der Waals surface area (Å²) in [5, 5.41) is 0.540. The van der Waals surface area contributed by atoms with Crippen molar-refractivity contribution < 1.29 is 9.36 Å². The van der Waals surface area contributed by atoms with Gasteiger partial charge in [0.2, 0.25) is 0 Å². The number of amides is 1. The van der Waals surface area contributed by atoms with Crippen LogP contribution in [0.15, 0.2) is 12.1 Å². The van der Waals surface area contributed by atoms with Crippen molar-refractivity contribution in [2.24, 2.45) is 5.73 Å². The first-order valence-corrected chi connectivity index (χ1v) is 5.00. The second-order valence-electron chi connectivity index (χ2n) is 2.99. The highest BCUT2D eigenvalue weighted by Crippen LogP contribution is 2.10. The molecule has 0 fully saturated rings. The molecule has 1 rings (SSSR count). The van der Waals surface area contributed by atoms with Gasteiger partial charge in [-0.15, -0.1) is 0 Å². The number of aryl methyl sites for hydroxylation is 1. The average Bonchev–Trinajstić information content (AvgIpc) is 2.17. The molecule has 14 heavy (non-hydrogen) atoms. The Kier molecular flexibility index (Phi) is 3.47. The van der Waals surface area contributed by atoms with Gasteiger partial charge in [-0.25, -0.2) is 0 Å². The van der Waals surface area contributed by atoms with Crippen LogP contribution in [0.1, 0.15) is 29.9 Å². The summed E-state index contributed by atoms with van der Waals surface area (Å²) in [5.41, 5.74) is 6.77. The Bertz CT molecular complexity index is 363. The minimum atomic E-state index is -0.425. The van der Waals surface area contributed by atoms with Crippen molar-refractivity contribution in [3.63, 3.8) is 0 Å². The SMILES string of the molecule is CCc1ccc(Cl)[n+](CC)c1C(N)=O. The molecule has 0 saturated heterocycles. The molecular weight excluding hydrogens is 200 g/mol. The van der Waals surface area contributed by atoms with Crippen molar-refractivity contribution in [3.05, 3.63) is 28.5 Å². The van der Waals surface area contributed by atoms with E-state index in [4.69, 9.17) is 17.3 Å². The molecule has 1 heterocycles. The van der Waals surface area contributed by atoms with Gasteiger partial charge < -0.3 is 5.73 Å². The molecule has 0 atom stereocenters. The van der Waals surface area contributed by atoms with Crippen LogP contribution in [0.3, 0.4) is 0 Å². The molecule has 1 aromatic heterocycles. The van der Waals surface area contributed by atoms with E-state index in [1.165, 1.54) is 0 Å². The van der Waals surface area contributed by atoms with Gasteiger partial charge in [0.25, 0.3) is 10.8 Å². The predicted molar refractivity (Wildman–Crippen MR) is 55.2 cm³/mol. The Morgan fingerprint density at radius 1 is 1.50 bits per heavy atom. The molecule has 1 aromatic rings. The molecule has 1 amide bonds. The van der Waals surface area contributed by atoms with E-state index in [9.17, 15) is 4.79 Å². The van der Waals surface area contributed by atoms with Crippen molar-refractivity contribution in [1.82, 2.24) is 0 Å². The van der Waals surface area contributed by atoms with Crippen LogP contribution in [-0.2, 0) is 13.0 Å². The first-order valence-electron chi connectivity index (χ1n) is 4.62. The van der Waals surface area contributed by atoms with Crippen LogP contribution >= 0.6 is 11.6 Å². The molecule has 0 spiro atoms. The maximum absolute atomic E-state index is 11.3. The number of halogens is 1. The number of primary amides is 1. The monoisotopic (exact) mass is 213 g/mol. The van der Waals surface area contributed by atoms with E-state index in [-0.39, 0.29) is 0 Å². The van der Waals surface area contributed by atoms with E-state index in [1.807, 2.05) is 19.9 Å². The zero-order valence-electron chi connectivity index (χ0n) is 8.38. The summed E-state index contributed by atoms with van der Waals surface area (Å²) in [7, 11) is 0. The summed E-state index contributed by atoms with van der Waals surface area (Å²) in [4.78, 5) is 11.3. The number of hydrogen-bond acceptors (Lipinski definition) is 1. The molecule has 0 aliphatic carbocycles. The molecule has 3 nitrogen and oxygen atoms in total. The number of nitrogens with two attached hydrogens (primary N) is 1. The van der Waals surface area contributed by atoms with Crippen LogP contribution in [0.4, 0.5) is 0 Å². The summed E-state index contributed by atoms with van der Waals surface area (Å²) < 4.78 is 1.72. The van der Waals surface area contributed by atoms with Crippen molar-refractivity contribution in [3.8, 4) is 0 Å². The van der Waals surface area contributed by atoms with Crippen LogP contribution in [0.2, 0.25) is 5.15 Å². The number of nitrogens with zero attached hydrogens (tertiary/aromatic N) is 1. The van der Waals surface area contributed by atoms with Crippen molar-refractivity contribution in [1.29, 1.82) is 0 Å². The van der Waals surface area contributed by atoms with E-state index >= 15 is 0 Å². The summed E-state index contributed by atoms with van der Waals surface area (Å²) >= 11 is 5.96. The first-order chi connectivity index (χ1) is 6.61. The summed E-state index contributed by atoms with van der Waals surface area (Å²) in [5.74, 6) is -0.425. The minimum absolute atomic E-state index is 0.425. The highest BCUT2D eigenvalue weighted by atomic mass is 35.5. The molecule has 0 radical (unpaired) electrons. The van der Waals surface area contributed by atoms with Gasteiger partial charge in [0.05, 0.1) is 0 Å². The minimum Gasteiger partial charge on any atom is -0.360 e. The van der Waals surface area contributed by atoms with Crippen molar-refractivity contribution in [2.45, 2.75) is 26.8 Å². The lowest BCUT2D eigenvalue weighted by molar-refractivity contribution is -0.693. The average molecular weight is 214 g/mol. The van der Waals surface area contributed by atoms with E-state index in [0.29, 0.717) is 17.4 Å².